The lowest BCUT2D eigenvalue weighted by Gasteiger charge is -2.19. The molecular formula is C21H25N3O2. The van der Waals surface area contributed by atoms with Gasteiger partial charge in [-0.05, 0) is 46.5 Å². The van der Waals surface area contributed by atoms with E-state index in [-0.39, 0.29) is 11.4 Å². The van der Waals surface area contributed by atoms with Crippen molar-refractivity contribution in [1.82, 2.24) is 0 Å². The molecule has 0 aliphatic carbocycles. The van der Waals surface area contributed by atoms with Gasteiger partial charge in [0.25, 0.3) is 0 Å². The summed E-state index contributed by atoms with van der Waals surface area (Å²) in [6.07, 6.45) is 1.25. The smallest absolute Gasteiger partial charge is 0.338 e. The van der Waals surface area contributed by atoms with Crippen LogP contribution in [0, 0.1) is 0 Å². The molecule has 0 saturated heterocycles. The molecule has 5 heteroatoms. The SMILES string of the molecule is CCCOC(=O)c1cccc(N=[N+]=[N-])c1Cc1ccc(C(C)(C)C)cc1. The van der Waals surface area contributed by atoms with Crippen LogP contribution in [0.3, 0.4) is 0 Å². The molecule has 0 aliphatic heterocycles. The van der Waals surface area contributed by atoms with Crippen LogP contribution in [0.5, 0.6) is 0 Å². The van der Waals surface area contributed by atoms with Crippen molar-refractivity contribution < 1.29 is 9.53 Å². The van der Waals surface area contributed by atoms with Gasteiger partial charge in [-0.2, -0.15) is 0 Å². The fourth-order valence-corrected chi connectivity index (χ4v) is 2.69. The van der Waals surface area contributed by atoms with Crippen LogP contribution >= 0.6 is 0 Å². The van der Waals surface area contributed by atoms with Gasteiger partial charge in [0.15, 0.2) is 0 Å². The highest BCUT2D eigenvalue weighted by atomic mass is 16.5. The number of nitrogens with zero attached hydrogens (tertiary/aromatic N) is 3. The Kier molecular flexibility index (Phi) is 6.42. The molecule has 136 valence electrons. The minimum atomic E-state index is -0.386. The van der Waals surface area contributed by atoms with Crippen LogP contribution < -0.4 is 0 Å². The fraction of sp³-hybridized carbons (Fsp3) is 0.381. The molecule has 0 aliphatic rings. The molecule has 0 fully saturated rings. The molecular weight excluding hydrogens is 326 g/mol. The minimum Gasteiger partial charge on any atom is -0.462 e. The summed E-state index contributed by atoms with van der Waals surface area (Å²) in [6, 6.07) is 13.4. The Balaban J connectivity index is 2.40. The maximum absolute atomic E-state index is 12.4. The van der Waals surface area contributed by atoms with Gasteiger partial charge in [-0.1, -0.05) is 69.2 Å². The van der Waals surface area contributed by atoms with Gasteiger partial charge < -0.3 is 4.74 Å². The van der Waals surface area contributed by atoms with Gasteiger partial charge >= 0.3 is 5.97 Å². The lowest BCUT2D eigenvalue weighted by Crippen LogP contribution is -2.11. The number of esters is 1. The molecule has 0 spiro atoms. The fourth-order valence-electron chi connectivity index (χ4n) is 2.69. The van der Waals surface area contributed by atoms with E-state index in [1.807, 2.05) is 6.92 Å². The summed E-state index contributed by atoms with van der Waals surface area (Å²) in [7, 11) is 0. The monoisotopic (exact) mass is 351 g/mol. The van der Waals surface area contributed by atoms with Crippen molar-refractivity contribution in [2.45, 2.75) is 46.0 Å². The van der Waals surface area contributed by atoms with E-state index in [1.54, 1.807) is 18.2 Å². The summed E-state index contributed by atoms with van der Waals surface area (Å²) in [5.74, 6) is -0.386. The van der Waals surface area contributed by atoms with E-state index < -0.39 is 0 Å². The molecule has 0 bridgehead atoms. The molecule has 0 heterocycles. The maximum Gasteiger partial charge on any atom is 0.338 e. The van der Waals surface area contributed by atoms with E-state index >= 15 is 0 Å². The molecule has 2 aromatic rings. The number of carbonyl (C=O) groups excluding carboxylic acids is 1. The molecule has 26 heavy (non-hydrogen) atoms. The normalized spacial score (nSPS) is 10.9. The Morgan fingerprint density at radius 3 is 2.42 bits per heavy atom. The first-order chi connectivity index (χ1) is 12.4. The molecule has 0 saturated carbocycles. The van der Waals surface area contributed by atoms with Crippen LogP contribution in [0.2, 0.25) is 0 Å². The van der Waals surface area contributed by atoms with Crippen LogP contribution in [0.1, 0.15) is 61.2 Å². The highest BCUT2D eigenvalue weighted by Gasteiger charge is 2.17. The quantitative estimate of drug-likeness (QED) is 0.273. The number of azide groups is 1. The second-order valence-corrected chi connectivity index (χ2v) is 7.25. The predicted octanol–water partition coefficient (Wildman–Crippen LogP) is 6.08. The molecule has 2 rings (SSSR count). The summed E-state index contributed by atoms with van der Waals surface area (Å²) in [5, 5.41) is 3.76. The number of hydrogen-bond acceptors (Lipinski definition) is 3. The number of ether oxygens (including phenoxy) is 1. The van der Waals surface area contributed by atoms with Crippen LogP contribution in [0.25, 0.3) is 10.4 Å². The Labute approximate surface area is 154 Å². The van der Waals surface area contributed by atoms with Crippen molar-refractivity contribution in [3.63, 3.8) is 0 Å². The van der Waals surface area contributed by atoms with Crippen LogP contribution in [-0.2, 0) is 16.6 Å². The summed E-state index contributed by atoms with van der Waals surface area (Å²) < 4.78 is 5.28. The molecule has 0 radical (unpaired) electrons. The maximum atomic E-state index is 12.4. The van der Waals surface area contributed by atoms with Crippen molar-refractivity contribution >= 4 is 11.7 Å². The predicted molar refractivity (Wildman–Crippen MR) is 104 cm³/mol. The third kappa shape index (κ3) is 4.87. The summed E-state index contributed by atoms with van der Waals surface area (Å²) in [5.41, 5.74) is 12.8. The average Bonchev–Trinajstić information content (AvgIpc) is 2.61. The molecule has 2 aromatic carbocycles. The summed E-state index contributed by atoms with van der Waals surface area (Å²) in [6.45, 7) is 8.81. The first-order valence-corrected chi connectivity index (χ1v) is 8.80. The van der Waals surface area contributed by atoms with Crippen LogP contribution in [-0.4, -0.2) is 12.6 Å². The van der Waals surface area contributed by atoms with Crippen LogP contribution in [0.15, 0.2) is 47.6 Å². The van der Waals surface area contributed by atoms with Gasteiger partial charge in [-0.15, -0.1) is 0 Å². The van der Waals surface area contributed by atoms with Gasteiger partial charge in [-0.3, -0.25) is 0 Å². The van der Waals surface area contributed by atoms with E-state index in [1.165, 1.54) is 5.56 Å². The Hall–Kier alpha value is -2.78. The van der Waals surface area contributed by atoms with Gasteiger partial charge in [0.1, 0.15) is 0 Å². The second-order valence-electron chi connectivity index (χ2n) is 7.25. The Morgan fingerprint density at radius 2 is 1.85 bits per heavy atom. The van der Waals surface area contributed by atoms with Gasteiger partial charge in [0, 0.05) is 10.6 Å². The topological polar surface area (TPSA) is 75.1 Å². The number of hydrogen-bond donors (Lipinski definition) is 0. The van der Waals surface area contributed by atoms with E-state index in [0.29, 0.717) is 29.8 Å². The molecule has 0 N–H and O–H groups in total. The molecule has 0 aromatic heterocycles. The average molecular weight is 351 g/mol. The summed E-state index contributed by atoms with van der Waals surface area (Å²) >= 11 is 0. The lowest BCUT2D eigenvalue weighted by atomic mass is 9.86. The molecule has 0 amide bonds. The lowest BCUT2D eigenvalue weighted by molar-refractivity contribution is 0.0504. The van der Waals surface area contributed by atoms with Gasteiger partial charge in [-0.25, -0.2) is 4.79 Å². The first kappa shape index (κ1) is 19.5. The van der Waals surface area contributed by atoms with Crippen LogP contribution in [0.4, 0.5) is 5.69 Å². The highest BCUT2D eigenvalue weighted by molar-refractivity contribution is 5.92. The zero-order chi connectivity index (χ0) is 19.2. The van der Waals surface area contributed by atoms with Crippen molar-refractivity contribution in [1.29, 1.82) is 0 Å². The Bertz CT molecular complexity index is 814. The van der Waals surface area contributed by atoms with Crippen molar-refractivity contribution in [2.24, 2.45) is 5.11 Å². The third-order valence-electron chi connectivity index (χ3n) is 4.16. The van der Waals surface area contributed by atoms with Crippen molar-refractivity contribution in [3.8, 4) is 0 Å². The number of benzene rings is 2. The van der Waals surface area contributed by atoms with Gasteiger partial charge in [0.2, 0.25) is 0 Å². The van der Waals surface area contributed by atoms with E-state index in [2.05, 4.69) is 55.1 Å². The van der Waals surface area contributed by atoms with E-state index in [0.717, 1.165) is 12.0 Å². The number of rotatable bonds is 6. The zero-order valence-corrected chi connectivity index (χ0v) is 15.8. The van der Waals surface area contributed by atoms with E-state index in [9.17, 15) is 4.79 Å². The van der Waals surface area contributed by atoms with Crippen molar-refractivity contribution in [3.05, 3.63) is 75.2 Å². The van der Waals surface area contributed by atoms with E-state index in [4.69, 9.17) is 10.3 Å². The highest BCUT2D eigenvalue weighted by Crippen LogP contribution is 2.28. The minimum absolute atomic E-state index is 0.0800. The Morgan fingerprint density at radius 1 is 1.15 bits per heavy atom. The molecule has 0 atom stereocenters. The second kappa shape index (κ2) is 8.54. The number of carbonyl (C=O) groups is 1. The van der Waals surface area contributed by atoms with Gasteiger partial charge in [0.05, 0.1) is 12.2 Å². The summed E-state index contributed by atoms with van der Waals surface area (Å²) in [4.78, 5) is 15.3. The zero-order valence-electron chi connectivity index (χ0n) is 15.8. The first-order valence-electron chi connectivity index (χ1n) is 8.80. The molecule has 5 nitrogen and oxygen atoms in total. The largest absolute Gasteiger partial charge is 0.462 e. The molecule has 0 unspecified atom stereocenters. The standard InChI is InChI=1S/C21H25N3O2/c1-5-13-26-20(25)17-7-6-8-19(23-24-22)18(17)14-15-9-11-16(12-10-15)21(2,3)4/h6-12H,5,13-14H2,1-4H3. The van der Waals surface area contributed by atoms with Crippen molar-refractivity contribution in [2.75, 3.05) is 6.61 Å². The third-order valence-corrected chi connectivity index (χ3v) is 4.16.